The van der Waals surface area contributed by atoms with Gasteiger partial charge in [0.15, 0.2) is 5.78 Å². The first-order valence-electron chi connectivity index (χ1n) is 5.83. The standard InChI is InChI=1S/C14H20O/c1-4-7-12-8-5-6-9-13(12)10-14(15)11(2)3/h1,10-12H,5-9H2,2-3H3/b13-10-. The summed E-state index contributed by atoms with van der Waals surface area (Å²) in [6, 6.07) is 0. The maximum absolute atomic E-state index is 11.6. The fourth-order valence-electron chi connectivity index (χ4n) is 2.02. The van der Waals surface area contributed by atoms with Gasteiger partial charge in [0.05, 0.1) is 0 Å². The molecule has 0 aromatic rings. The molecule has 0 saturated heterocycles. The maximum Gasteiger partial charge on any atom is 0.158 e. The smallest absolute Gasteiger partial charge is 0.158 e. The third-order valence-electron chi connectivity index (χ3n) is 3.05. The molecule has 1 nitrogen and oxygen atoms in total. The molecule has 1 rings (SSSR count). The Bertz CT molecular complexity index is 291. The van der Waals surface area contributed by atoms with Crippen molar-refractivity contribution in [2.75, 3.05) is 0 Å². The number of terminal acetylenes is 1. The Labute approximate surface area is 92.9 Å². The van der Waals surface area contributed by atoms with E-state index in [1.165, 1.54) is 18.4 Å². The van der Waals surface area contributed by atoms with Crippen molar-refractivity contribution >= 4 is 5.78 Å². The van der Waals surface area contributed by atoms with Crippen LogP contribution in [0.3, 0.4) is 0 Å². The Morgan fingerprint density at radius 3 is 2.93 bits per heavy atom. The highest BCUT2D eigenvalue weighted by Gasteiger charge is 2.19. The third-order valence-corrected chi connectivity index (χ3v) is 3.05. The van der Waals surface area contributed by atoms with Crippen LogP contribution in [0, 0.1) is 24.2 Å². The van der Waals surface area contributed by atoms with Crippen LogP contribution in [0.25, 0.3) is 0 Å². The van der Waals surface area contributed by atoms with Crippen LogP contribution in [0.4, 0.5) is 0 Å². The summed E-state index contributed by atoms with van der Waals surface area (Å²) in [5, 5.41) is 0. The normalized spacial score (nSPS) is 24.1. The molecule has 0 radical (unpaired) electrons. The summed E-state index contributed by atoms with van der Waals surface area (Å²) in [5.74, 6) is 3.53. The lowest BCUT2D eigenvalue weighted by atomic mass is 9.81. The van der Waals surface area contributed by atoms with Crippen LogP contribution in [-0.4, -0.2) is 5.78 Å². The average molecular weight is 204 g/mol. The van der Waals surface area contributed by atoms with E-state index < -0.39 is 0 Å². The predicted octanol–water partition coefficient (Wildman–Crippen LogP) is 3.35. The van der Waals surface area contributed by atoms with Crippen LogP contribution in [0.15, 0.2) is 11.6 Å². The van der Waals surface area contributed by atoms with E-state index in [2.05, 4.69) is 5.92 Å². The van der Waals surface area contributed by atoms with Gasteiger partial charge < -0.3 is 0 Å². The molecule has 82 valence electrons. The molecule has 1 atom stereocenters. The number of carbonyl (C=O) groups excluding carboxylic acids is 1. The number of ketones is 1. The highest BCUT2D eigenvalue weighted by atomic mass is 16.1. The Balaban J connectivity index is 2.71. The lowest BCUT2D eigenvalue weighted by Crippen LogP contribution is -2.13. The monoisotopic (exact) mass is 204 g/mol. The third kappa shape index (κ3) is 3.55. The number of hydrogen-bond acceptors (Lipinski definition) is 1. The molecule has 0 aromatic carbocycles. The quantitative estimate of drug-likeness (QED) is 0.509. The molecule has 1 unspecified atom stereocenters. The van der Waals surface area contributed by atoms with Crippen molar-refractivity contribution < 1.29 is 4.79 Å². The summed E-state index contributed by atoms with van der Waals surface area (Å²) in [6.07, 6.45) is 12.7. The Morgan fingerprint density at radius 1 is 1.60 bits per heavy atom. The first-order valence-corrected chi connectivity index (χ1v) is 5.83. The molecule has 0 aromatic heterocycles. The topological polar surface area (TPSA) is 17.1 Å². The fraction of sp³-hybridized carbons (Fsp3) is 0.643. The minimum absolute atomic E-state index is 0.103. The predicted molar refractivity (Wildman–Crippen MR) is 63.3 cm³/mol. The summed E-state index contributed by atoms with van der Waals surface area (Å²) in [5.41, 5.74) is 1.29. The van der Waals surface area contributed by atoms with E-state index in [1.54, 1.807) is 0 Å². The zero-order valence-corrected chi connectivity index (χ0v) is 9.75. The molecule has 1 aliphatic carbocycles. The van der Waals surface area contributed by atoms with E-state index in [0.717, 1.165) is 19.3 Å². The number of carbonyl (C=O) groups is 1. The Morgan fingerprint density at radius 2 is 2.33 bits per heavy atom. The SMILES string of the molecule is C#CCC1CCCC/C1=C/C(=O)C(C)C. The average Bonchev–Trinajstić information content (AvgIpc) is 2.21. The molecule has 0 spiro atoms. The second-order valence-electron chi connectivity index (χ2n) is 4.63. The molecule has 0 amide bonds. The molecular weight excluding hydrogens is 184 g/mol. The van der Waals surface area contributed by atoms with Gasteiger partial charge in [-0.15, -0.1) is 12.3 Å². The molecular formula is C14H20O. The van der Waals surface area contributed by atoms with E-state index in [9.17, 15) is 4.79 Å². The lowest BCUT2D eigenvalue weighted by Gasteiger charge is -2.23. The molecule has 1 heteroatoms. The van der Waals surface area contributed by atoms with Crippen molar-refractivity contribution in [2.45, 2.75) is 46.0 Å². The second kappa shape index (κ2) is 5.75. The molecule has 15 heavy (non-hydrogen) atoms. The van der Waals surface area contributed by atoms with Gasteiger partial charge in [-0.3, -0.25) is 4.79 Å². The minimum atomic E-state index is 0.103. The van der Waals surface area contributed by atoms with Gasteiger partial charge in [-0.25, -0.2) is 0 Å². The summed E-state index contributed by atoms with van der Waals surface area (Å²) in [4.78, 5) is 11.6. The van der Waals surface area contributed by atoms with E-state index in [4.69, 9.17) is 6.42 Å². The molecule has 0 bridgehead atoms. The van der Waals surface area contributed by atoms with Gasteiger partial charge in [-0.05, 0) is 31.3 Å². The Hall–Kier alpha value is -1.03. The van der Waals surface area contributed by atoms with Crippen LogP contribution < -0.4 is 0 Å². The van der Waals surface area contributed by atoms with Crippen molar-refractivity contribution in [2.24, 2.45) is 11.8 Å². The lowest BCUT2D eigenvalue weighted by molar-refractivity contribution is -0.117. The second-order valence-corrected chi connectivity index (χ2v) is 4.63. The van der Waals surface area contributed by atoms with Gasteiger partial charge >= 0.3 is 0 Å². The van der Waals surface area contributed by atoms with Gasteiger partial charge in [0, 0.05) is 12.3 Å². The Kier molecular flexibility index (Phi) is 4.62. The highest BCUT2D eigenvalue weighted by molar-refractivity contribution is 5.91. The molecule has 1 saturated carbocycles. The molecule has 0 heterocycles. The largest absolute Gasteiger partial charge is 0.295 e. The van der Waals surface area contributed by atoms with Crippen LogP contribution in [-0.2, 0) is 4.79 Å². The summed E-state index contributed by atoms with van der Waals surface area (Å²) < 4.78 is 0. The zero-order chi connectivity index (χ0) is 11.3. The number of allylic oxidation sites excluding steroid dienone is 2. The zero-order valence-electron chi connectivity index (χ0n) is 9.75. The van der Waals surface area contributed by atoms with Crippen LogP contribution in [0.5, 0.6) is 0 Å². The summed E-state index contributed by atoms with van der Waals surface area (Å²) in [6.45, 7) is 3.89. The van der Waals surface area contributed by atoms with Crippen LogP contribution in [0.1, 0.15) is 46.0 Å². The molecule has 0 N–H and O–H groups in total. The van der Waals surface area contributed by atoms with Crippen molar-refractivity contribution in [3.05, 3.63) is 11.6 Å². The van der Waals surface area contributed by atoms with E-state index in [1.807, 2.05) is 19.9 Å². The first-order chi connectivity index (χ1) is 7.15. The molecule has 1 fully saturated rings. The van der Waals surface area contributed by atoms with Gasteiger partial charge in [0.1, 0.15) is 0 Å². The van der Waals surface area contributed by atoms with Gasteiger partial charge in [0.2, 0.25) is 0 Å². The number of hydrogen-bond donors (Lipinski definition) is 0. The summed E-state index contributed by atoms with van der Waals surface area (Å²) in [7, 11) is 0. The van der Waals surface area contributed by atoms with Gasteiger partial charge in [-0.1, -0.05) is 25.8 Å². The fourth-order valence-corrected chi connectivity index (χ4v) is 2.02. The van der Waals surface area contributed by atoms with Crippen molar-refractivity contribution in [1.82, 2.24) is 0 Å². The van der Waals surface area contributed by atoms with Gasteiger partial charge in [0.25, 0.3) is 0 Å². The molecule has 1 aliphatic rings. The van der Waals surface area contributed by atoms with Crippen molar-refractivity contribution in [1.29, 1.82) is 0 Å². The number of rotatable bonds is 3. The van der Waals surface area contributed by atoms with Gasteiger partial charge in [-0.2, -0.15) is 0 Å². The van der Waals surface area contributed by atoms with Crippen LogP contribution >= 0.6 is 0 Å². The van der Waals surface area contributed by atoms with Crippen LogP contribution in [0.2, 0.25) is 0 Å². The van der Waals surface area contributed by atoms with E-state index >= 15 is 0 Å². The minimum Gasteiger partial charge on any atom is -0.295 e. The van der Waals surface area contributed by atoms with Crippen molar-refractivity contribution in [3.63, 3.8) is 0 Å². The van der Waals surface area contributed by atoms with E-state index in [-0.39, 0.29) is 11.7 Å². The van der Waals surface area contributed by atoms with Crippen molar-refractivity contribution in [3.8, 4) is 12.3 Å². The highest BCUT2D eigenvalue weighted by Crippen LogP contribution is 2.31. The van der Waals surface area contributed by atoms with E-state index in [0.29, 0.717) is 5.92 Å². The molecule has 0 aliphatic heterocycles. The first kappa shape index (κ1) is 12.0. The summed E-state index contributed by atoms with van der Waals surface area (Å²) >= 11 is 0. The maximum atomic E-state index is 11.6.